The number of fused-ring (bicyclic) bond motifs is 1. The molecule has 0 atom stereocenters. The molecule has 0 spiro atoms. The second kappa shape index (κ2) is 8.33. The monoisotopic (exact) mass is 376 g/mol. The number of carbonyl (C=O) groups is 1. The van der Waals surface area contributed by atoms with Crippen molar-refractivity contribution in [2.45, 2.75) is 45.2 Å². The van der Waals surface area contributed by atoms with Crippen LogP contribution in [0, 0.1) is 5.92 Å². The fourth-order valence-corrected chi connectivity index (χ4v) is 3.89. The Hall–Kier alpha value is -3.02. The van der Waals surface area contributed by atoms with Gasteiger partial charge in [-0.05, 0) is 30.5 Å². The van der Waals surface area contributed by atoms with E-state index in [1.165, 1.54) is 11.1 Å². The van der Waals surface area contributed by atoms with Gasteiger partial charge in [-0.1, -0.05) is 43.5 Å². The van der Waals surface area contributed by atoms with Crippen LogP contribution in [-0.2, 0) is 17.9 Å². The van der Waals surface area contributed by atoms with Crippen LogP contribution in [0.5, 0.6) is 0 Å². The van der Waals surface area contributed by atoms with E-state index in [1.54, 1.807) is 12.4 Å². The summed E-state index contributed by atoms with van der Waals surface area (Å²) in [5, 5.41) is 9.02. The summed E-state index contributed by atoms with van der Waals surface area (Å²) in [7, 11) is 0. The molecule has 144 valence electrons. The molecule has 1 aliphatic carbocycles. The van der Waals surface area contributed by atoms with Gasteiger partial charge < -0.3 is 5.32 Å². The molecule has 0 saturated heterocycles. The number of hydrogen-bond donors (Lipinski definition) is 1. The zero-order valence-corrected chi connectivity index (χ0v) is 15.8. The van der Waals surface area contributed by atoms with Gasteiger partial charge in [-0.3, -0.25) is 14.6 Å². The Labute approximate surface area is 163 Å². The number of amides is 1. The lowest BCUT2D eigenvalue weighted by atomic mass is 9.88. The Kier molecular flexibility index (Phi) is 5.46. The standard InChI is InChI=1S/C22H24N4O2/c27-21(17-8-2-1-3-9-17)24-14-20-18-10-4-5-11-19(18)22(28)26(25-20)15-16-7-6-12-23-13-16/h4-7,10-13,17H,1-3,8-9,14-15H2,(H,24,27). The zero-order chi connectivity index (χ0) is 19.3. The van der Waals surface area contributed by atoms with Crippen LogP contribution in [0.2, 0.25) is 0 Å². The fraction of sp³-hybridized carbons (Fsp3) is 0.364. The third-order valence-electron chi connectivity index (χ3n) is 5.41. The molecule has 1 saturated carbocycles. The van der Waals surface area contributed by atoms with Gasteiger partial charge in [-0.25, -0.2) is 4.68 Å². The first-order chi connectivity index (χ1) is 13.7. The first kappa shape index (κ1) is 18.3. The predicted octanol–water partition coefficient (Wildman–Crippen LogP) is 3.04. The van der Waals surface area contributed by atoms with E-state index >= 15 is 0 Å². The predicted molar refractivity (Wildman–Crippen MR) is 108 cm³/mol. The second-order valence-corrected chi connectivity index (χ2v) is 7.37. The van der Waals surface area contributed by atoms with Crippen LogP contribution in [-0.4, -0.2) is 20.7 Å². The van der Waals surface area contributed by atoms with Crippen molar-refractivity contribution < 1.29 is 4.79 Å². The van der Waals surface area contributed by atoms with Crippen LogP contribution < -0.4 is 10.9 Å². The van der Waals surface area contributed by atoms with Crippen molar-refractivity contribution in [3.63, 3.8) is 0 Å². The lowest BCUT2D eigenvalue weighted by Crippen LogP contribution is -2.33. The molecule has 2 heterocycles. The number of hydrogen-bond acceptors (Lipinski definition) is 4. The van der Waals surface area contributed by atoms with Gasteiger partial charge in [-0.15, -0.1) is 0 Å². The number of nitrogens with zero attached hydrogens (tertiary/aromatic N) is 3. The van der Waals surface area contributed by atoms with Gasteiger partial charge in [-0.2, -0.15) is 5.10 Å². The van der Waals surface area contributed by atoms with Gasteiger partial charge in [0.05, 0.1) is 24.2 Å². The summed E-state index contributed by atoms with van der Waals surface area (Å²) in [5.41, 5.74) is 1.48. The van der Waals surface area contributed by atoms with E-state index in [2.05, 4.69) is 15.4 Å². The van der Waals surface area contributed by atoms with Gasteiger partial charge in [0.1, 0.15) is 0 Å². The molecule has 1 aromatic carbocycles. The van der Waals surface area contributed by atoms with Crippen molar-refractivity contribution in [2.75, 3.05) is 0 Å². The molecular weight excluding hydrogens is 352 g/mol. The molecule has 0 radical (unpaired) electrons. The normalized spacial score (nSPS) is 14.9. The summed E-state index contributed by atoms with van der Waals surface area (Å²) >= 11 is 0. The minimum absolute atomic E-state index is 0.0931. The lowest BCUT2D eigenvalue weighted by molar-refractivity contribution is -0.126. The molecule has 1 amide bonds. The topological polar surface area (TPSA) is 76.9 Å². The molecule has 3 aromatic rings. The Morgan fingerprint density at radius 3 is 2.61 bits per heavy atom. The van der Waals surface area contributed by atoms with Crippen LogP contribution in [0.15, 0.2) is 53.6 Å². The number of aromatic nitrogens is 3. The highest BCUT2D eigenvalue weighted by atomic mass is 16.2. The third kappa shape index (κ3) is 3.96. The highest BCUT2D eigenvalue weighted by Gasteiger charge is 2.21. The Morgan fingerprint density at radius 1 is 1.07 bits per heavy atom. The van der Waals surface area contributed by atoms with E-state index in [0.717, 1.165) is 36.6 Å². The van der Waals surface area contributed by atoms with Crippen molar-refractivity contribution in [1.82, 2.24) is 20.1 Å². The molecule has 28 heavy (non-hydrogen) atoms. The summed E-state index contributed by atoms with van der Waals surface area (Å²) in [4.78, 5) is 29.5. The first-order valence-corrected chi connectivity index (χ1v) is 9.88. The molecule has 0 aliphatic heterocycles. The summed E-state index contributed by atoms with van der Waals surface area (Å²) in [5.74, 6) is 0.192. The lowest BCUT2D eigenvalue weighted by Gasteiger charge is -2.21. The van der Waals surface area contributed by atoms with Crippen LogP contribution >= 0.6 is 0 Å². The van der Waals surface area contributed by atoms with E-state index < -0.39 is 0 Å². The molecule has 1 N–H and O–H groups in total. The average molecular weight is 376 g/mol. The van der Waals surface area contributed by atoms with E-state index in [9.17, 15) is 9.59 Å². The zero-order valence-electron chi connectivity index (χ0n) is 15.8. The van der Waals surface area contributed by atoms with E-state index in [-0.39, 0.29) is 17.4 Å². The number of rotatable bonds is 5. The number of carbonyl (C=O) groups excluding carboxylic acids is 1. The molecule has 0 unspecified atom stereocenters. The summed E-state index contributed by atoms with van der Waals surface area (Å²) in [6.07, 6.45) is 8.81. The van der Waals surface area contributed by atoms with Crippen molar-refractivity contribution in [1.29, 1.82) is 0 Å². The second-order valence-electron chi connectivity index (χ2n) is 7.37. The summed E-state index contributed by atoms with van der Waals surface area (Å²) in [6.45, 7) is 0.671. The summed E-state index contributed by atoms with van der Waals surface area (Å²) in [6, 6.07) is 11.2. The highest BCUT2D eigenvalue weighted by molar-refractivity contribution is 5.84. The minimum atomic E-state index is -0.137. The van der Waals surface area contributed by atoms with Gasteiger partial charge in [0, 0.05) is 23.7 Å². The first-order valence-electron chi connectivity index (χ1n) is 9.88. The molecular formula is C22H24N4O2. The third-order valence-corrected chi connectivity index (χ3v) is 5.41. The molecule has 4 rings (SSSR count). The van der Waals surface area contributed by atoms with Crippen LogP contribution in [0.25, 0.3) is 10.8 Å². The van der Waals surface area contributed by atoms with Crippen LogP contribution in [0.3, 0.4) is 0 Å². The largest absolute Gasteiger partial charge is 0.350 e. The van der Waals surface area contributed by atoms with Gasteiger partial charge >= 0.3 is 0 Å². The molecule has 0 bridgehead atoms. The Balaban J connectivity index is 1.62. The van der Waals surface area contributed by atoms with Gasteiger partial charge in [0.25, 0.3) is 5.56 Å². The fourth-order valence-electron chi connectivity index (χ4n) is 3.89. The van der Waals surface area contributed by atoms with Gasteiger partial charge in [0.15, 0.2) is 0 Å². The van der Waals surface area contributed by atoms with Gasteiger partial charge in [0.2, 0.25) is 5.91 Å². The SMILES string of the molecule is O=C(NCc1nn(Cc2cccnc2)c(=O)c2ccccc12)C1CCCCC1. The number of nitrogens with one attached hydrogen (secondary N) is 1. The van der Waals surface area contributed by atoms with Crippen LogP contribution in [0.1, 0.15) is 43.4 Å². The van der Waals surface area contributed by atoms with E-state index in [4.69, 9.17) is 0 Å². The molecule has 1 fully saturated rings. The quantitative estimate of drug-likeness (QED) is 0.742. The Bertz CT molecular complexity index is 1020. The number of benzene rings is 1. The molecule has 2 aromatic heterocycles. The Morgan fingerprint density at radius 2 is 1.86 bits per heavy atom. The number of pyridine rings is 1. The maximum atomic E-state index is 12.9. The molecule has 6 nitrogen and oxygen atoms in total. The van der Waals surface area contributed by atoms with E-state index in [0.29, 0.717) is 24.2 Å². The van der Waals surface area contributed by atoms with Crippen molar-refractivity contribution in [3.8, 4) is 0 Å². The highest BCUT2D eigenvalue weighted by Crippen LogP contribution is 2.24. The van der Waals surface area contributed by atoms with Crippen LogP contribution in [0.4, 0.5) is 0 Å². The summed E-state index contributed by atoms with van der Waals surface area (Å²) < 4.78 is 1.46. The molecule has 6 heteroatoms. The maximum Gasteiger partial charge on any atom is 0.274 e. The maximum absolute atomic E-state index is 12.9. The van der Waals surface area contributed by atoms with Crippen molar-refractivity contribution >= 4 is 16.7 Å². The smallest absolute Gasteiger partial charge is 0.274 e. The average Bonchev–Trinajstić information content (AvgIpc) is 2.76. The van der Waals surface area contributed by atoms with Crippen molar-refractivity contribution in [3.05, 3.63) is 70.4 Å². The minimum Gasteiger partial charge on any atom is -0.350 e. The van der Waals surface area contributed by atoms with E-state index in [1.807, 2.05) is 36.4 Å². The van der Waals surface area contributed by atoms with Crippen molar-refractivity contribution in [2.24, 2.45) is 5.92 Å². The molecule has 1 aliphatic rings.